The molecule has 212 valence electrons. The van der Waals surface area contributed by atoms with E-state index in [-0.39, 0.29) is 12.4 Å². The Balaban J connectivity index is 1.23. The number of rotatable bonds is 20. The number of ether oxygens (including phenoxy) is 3. The van der Waals surface area contributed by atoms with Crippen LogP contribution in [0.5, 0.6) is 5.75 Å². The molecule has 38 heavy (non-hydrogen) atoms. The molecule has 0 bridgehead atoms. The highest BCUT2D eigenvalue weighted by molar-refractivity contribution is 5.55. The van der Waals surface area contributed by atoms with Gasteiger partial charge >= 0.3 is 0 Å². The van der Waals surface area contributed by atoms with E-state index in [4.69, 9.17) is 14.2 Å². The molecule has 1 aromatic carbocycles. The van der Waals surface area contributed by atoms with Gasteiger partial charge in [0.25, 0.3) is 0 Å². The molecule has 1 aliphatic rings. The smallest absolute Gasteiger partial charge is 0.159 e. The molecule has 2 atom stereocenters. The first kappa shape index (κ1) is 30.6. The van der Waals surface area contributed by atoms with E-state index in [1.165, 1.54) is 89.0 Å². The predicted molar refractivity (Wildman–Crippen MR) is 156 cm³/mol. The third-order valence-corrected chi connectivity index (χ3v) is 7.43. The van der Waals surface area contributed by atoms with Crippen LogP contribution in [0.4, 0.5) is 0 Å². The van der Waals surface area contributed by atoms with Gasteiger partial charge in [-0.25, -0.2) is 9.97 Å². The van der Waals surface area contributed by atoms with Crippen molar-refractivity contribution in [3.8, 4) is 17.1 Å². The average Bonchev–Trinajstić information content (AvgIpc) is 2.95. The van der Waals surface area contributed by atoms with Crippen LogP contribution in [0, 0.1) is 0 Å². The molecule has 0 spiro atoms. The summed E-state index contributed by atoms with van der Waals surface area (Å²) in [5.74, 6) is 1.70. The van der Waals surface area contributed by atoms with Gasteiger partial charge in [0, 0.05) is 24.6 Å². The highest BCUT2D eigenvalue weighted by Gasteiger charge is 2.16. The summed E-state index contributed by atoms with van der Waals surface area (Å²) in [7, 11) is 0. The zero-order valence-corrected chi connectivity index (χ0v) is 24.2. The Labute approximate surface area is 232 Å². The van der Waals surface area contributed by atoms with Gasteiger partial charge < -0.3 is 14.2 Å². The third-order valence-electron chi connectivity index (χ3n) is 7.43. The van der Waals surface area contributed by atoms with E-state index in [2.05, 4.69) is 35.9 Å². The number of unbranched alkanes of at least 4 members (excludes halogenated alkanes) is 10. The lowest BCUT2D eigenvalue weighted by atomic mass is 10.1. The molecule has 5 nitrogen and oxygen atoms in total. The first-order chi connectivity index (χ1) is 18.7. The Bertz CT molecular complexity index is 834. The fraction of sp³-hybridized carbons (Fsp3) is 0.697. The van der Waals surface area contributed by atoms with Crippen LogP contribution < -0.4 is 4.74 Å². The second kappa shape index (κ2) is 19.1. The maximum absolute atomic E-state index is 6.02. The minimum absolute atomic E-state index is 0.0255. The maximum atomic E-state index is 6.02. The van der Waals surface area contributed by atoms with Crippen molar-refractivity contribution in [2.45, 2.75) is 135 Å². The first-order valence-corrected chi connectivity index (χ1v) is 15.6. The second-order valence-corrected chi connectivity index (χ2v) is 11.0. The van der Waals surface area contributed by atoms with Crippen molar-refractivity contribution in [1.82, 2.24) is 9.97 Å². The summed E-state index contributed by atoms with van der Waals surface area (Å²) >= 11 is 0. The van der Waals surface area contributed by atoms with Crippen LogP contribution in [-0.2, 0) is 15.9 Å². The molecule has 3 rings (SSSR count). The van der Waals surface area contributed by atoms with Crippen LogP contribution in [0.15, 0.2) is 36.7 Å². The molecule has 5 heteroatoms. The number of hydrogen-bond acceptors (Lipinski definition) is 5. The van der Waals surface area contributed by atoms with Gasteiger partial charge in [0.2, 0.25) is 0 Å². The molecule has 1 saturated heterocycles. The molecule has 2 heterocycles. The fourth-order valence-electron chi connectivity index (χ4n) is 5.02. The van der Waals surface area contributed by atoms with Crippen molar-refractivity contribution in [2.24, 2.45) is 0 Å². The molecule has 0 N–H and O–H groups in total. The van der Waals surface area contributed by atoms with E-state index in [9.17, 15) is 0 Å². The molecule has 1 fully saturated rings. The quantitative estimate of drug-likeness (QED) is 0.162. The Morgan fingerprint density at radius 3 is 2.24 bits per heavy atom. The normalized spacial score (nSPS) is 16.4. The zero-order valence-electron chi connectivity index (χ0n) is 24.2. The minimum Gasteiger partial charge on any atom is -0.494 e. The maximum Gasteiger partial charge on any atom is 0.159 e. The van der Waals surface area contributed by atoms with E-state index in [0.717, 1.165) is 56.0 Å². The van der Waals surface area contributed by atoms with Crippen LogP contribution in [-0.4, -0.2) is 35.6 Å². The largest absolute Gasteiger partial charge is 0.494 e. The lowest BCUT2D eigenvalue weighted by molar-refractivity contribution is -0.185. The van der Waals surface area contributed by atoms with Crippen molar-refractivity contribution in [3.63, 3.8) is 0 Å². The molecule has 0 saturated carbocycles. The van der Waals surface area contributed by atoms with Crippen molar-refractivity contribution in [2.75, 3.05) is 13.2 Å². The fourth-order valence-corrected chi connectivity index (χ4v) is 5.02. The van der Waals surface area contributed by atoms with Crippen molar-refractivity contribution in [1.29, 1.82) is 0 Å². The van der Waals surface area contributed by atoms with Gasteiger partial charge in [-0.05, 0) is 81.7 Å². The highest BCUT2D eigenvalue weighted by atomic mass is 16.7. The lowest BCUT2D eigenvalue weighted by Crippen LogP contribution is -2.26. The Hall–Kier alpha value is -1.98. The van der Waals surface area contributed by atoms with E-state index < -0.39 is 0 Å². The molecule has 0 aliphatic carbocycles. The van der Waals surface area contributed by atoms with Crippen molar-refractivity contribution in [3.05, 3.63) is 42.2 Å². The Kier molecular flexibility index (Phi) is 15.4. The number of nitrogens with zero attached hydrogens (tertiary/aromatic N) is 2. The predicted octanol–water partition coefficient (Wildman–Crippen LogP) is 9.09. The number of hydrogen-bond donors (Lipinski definition) is 0. The van der Waals surface area contributed by atoms with Crippen LogP contribution in [0.25, 0.3) is 11.4 Å². The van der Waals surface area contributed by atoms with Crippen molar-refractivity contribution >= 4 is 0 Å². The summed E-state index contributed by atoms with van der Waals surface area (Å²) < 4.78 is 17.6. The third kappa shape index (κ3) is 12.7. The molecule has 2 aromatic rings. The number of aromatic nitrogens is 2. The molecule has 1 aromatic heterocycles. The second-order valence-electron chi connectivity index (χ2n) is 11.0. The molecular formula is C33H52N2O3. The van der Waals surface area contributed by atoms with Gasteiger partial charge in [-0.2, -0.15) is 0 Å². The SMILES string of the molecule is CCCCCCCCCCOc1ccc(-c2ncc(CCCCCCC(C)OC3CCCCO3)cn2)cc1. The lowest BCUT2D eigenvalue weighted by Gasteiger charge is -2.26. The summed E-state index contributed by atoms with van der Waals surface area (Å²) in [5.41, 5.74) is 2.25. The molecular weight excluding hydrogens is 472 g/mol. The molecule has 0 radical (unpaired) electrons. The summed E-state index contributed by atoms with van der Waals surface area (Å²) in [5, 5.41) is 0. The Morgan fingerprint density at radius 1 is 0.842 bits per heavy atom. The van der Waals surface area contributed by atoms with Crippen LogP contribution in [0.2, 0.25) is 0 Å². The van der Waals surface area contributed by atoms with Gasteiger partial charge in [-0.1, -0.05) is 71.1 Å². The van der Waals surface area contributed by atoms with Crippen molar-refractivity contribution < 1.29 is 14.2 Å². The number of benzene rings is 1. The standard InChI is InChI=1S/C33H52N2O3/c1-3-4-5-6-7-8-11-15-24-36-31-22-20-30(21-23-31)33-34-26-29(27-35-33)18-13-10-9-12-17-28(2)38-32-19-14-16-25-37-32/h20-23,26-28,32H,3-19,24-25H2,1-2H3. The van der Waals surface area contributed by atoms with Crippen LogP contribution in [0.1, 0.15) is 122 Å². The molecule has 2 unspecified atom stereocenters. The van der Waals surface area contributed by atoms with Gasteiger partial charge in [-0.15, -0.1) is 0 Å². The zero-order chi connectivity index (χ0) is 26.7. The van der Waals surface area contributed by atoms with E-state index >= 15 is 0 Å². The van der Waals surface area contributed by atoms with Gasteiger partial charge in [-0.3, -0.25) is 0 Å². The molecule has 0 amide bonds. The van der Waals surface area contributed by atoms with E-state index in [1.807, 2.05) is 24.5 Å². The minimum atomic E-state index is 0.0255. The summed E-state index contributed by atoms with van der Waals surface area (Å²) in [6.45, 7) is 6.09. The summed E-state index contributed by atoms with van der Waals surface area (Å²) in [6, 6.07) is 8.18. The average molecular weight is 525 g/mol. The number of aryl methyl sites for hydroxylation is 1. The first-order valence-electron chi connectivity index (χ1n) is 15.6. The van der Waals surface area contributed by atoms with Gasteiger partial charge in [0.15, 0.2) is 12.1 Å². The summed E-state index contributed by atoms with van der Waals surface area (Å²) in [6.07, 6.45) is 25.3. The summed E-state index contributed by atoms with van der Waals surface area (Å²) in [4.78, 5) is 9.23. The van der Waals surface area contributed by atoms with Gasteiger partial charge in [0.05, 0.1) is 12.7 Å². The molecule has 1 aliphatic heterocycles. The topological polar surface area (TPSA) is 53.5 Å². The van der Waals surface area contributed by atoms with Gasteiger partial charge in [0.1, 0.15) is 5.75 Å². The van der Waals surface area contributed by atoms with Crippen LogP contribution in [0.3, 0.4) is 0 Å². The Morgan fingerprint density at radius 2 is 1.53 bits per heavy atom. The van der Waals surface area contributed by atoms with E-state index in [1.54, 1.807) is 0 Å². The highest BCUT2D eigenvalue weighted by Crippen LogP contribution is 2.21. The van der Waals surface area contributed by atoms with E-state index in [0.29, 0.717) is 0 Å². The monoisotopic (exact) mass is 524 g/mol. The van der Waals surface area contributed by atoms with Crippen LogP contribution >= 0.6 is 0 Å².